The van der Waals surface area contributed by atoms with E-state index < -0.39 is 0 Å². The first-order valence-corrected chi connectivity index (χ1v) is 6.78. The maximum Gasteiger partial charge on any atom is 0.216 e. The molecule has 17 heavy (non-hydrogen) atoms. The number of hydrogen-bond donors (Lipinski definition) is 2. The SMILES string of the molecule is CC(=O)NCCNC1CCCC12CCOCC2. The molecule has 2 rings (SSSR count). The fourth-order valence-electron chi connectivity index (χ4n) is 3.32. The highest BCUT2D eigenvalue weighted by Crippen LogP contribution is 2.45. The molecule has 2 N–H and O–H groups in total. The van der Waals surface area contributed by atoms with Crippen LogP contribution in [-0.2, 0) is 9.53 Å². The van der Waals surface area contributed by atoms with Crippen molar-refractivity contribution >= 4 is 5.91 Å². The van der Waals surface area contributed by atoms with E-state index in [-0.39, 0.29) is 5.91 Å². The molecule has 0 aromatic rings. The molecule has 1 aliphatic heterocycles. The van der Waals surface area contributed by atoms with Gasteiger partial charge >= 0.3 is 0 Å². The first-order valence-electron chi connectivity index (χ1n) is 6.78. The molecule has 1 heterocycles. The molecule has 98 valence electrons. The number of rotatable bonds is 4. The van der Waals surface area contributed by atoms with Crippen molar-refractivity contribution in [2.45, 2.75) is 45.1 Å². The van der Waals surface area contributed by atoms with Crippen LogP contribution in [0.2, 0.25) is 0 Å². The lowest BCUT2D eigenvalue weighted by Gasteiger charge is -2.39. The summed E-state index contributed by atoms with van der Waals surface area (Å²) >= 11 is 0. The zero-order chi connectivity index (χ0) is 12.1. The highest BCUT2D eigenvalue weighted by molar-refractivity contribution is 5.72. The highest BCUT2D eigenvalue weighted by Gasteiger charge is 2.43. The molecule has 1 spiro atoms. The van der Waals surface area contributed by atoms with Crippen LogP contribution >= 0.6 is 0 Å². The van der Waals surface area contributed by atoms with Crippen LogP contribution in [-0.4, -0.2) is 38.3 Å². The number of amides is 1. The Bertz CT molecular complexity index is 262. The molecule has 1 amide bonds. The Labute approximate surface area is 103 Å². The van der Waals surface area contributed by atoms with E-state index >= 15 is 0 Å². The molecule has 4 nitrogen and oxygen atoms in total. The summed E-state index contributed by atoms with van der Waals surface area (Å²) in [6.45, 7) is 5.02. The summed E-state index contributed by atoms with van der Waals surface area (Å²) in [5, 5.41) is 6.46. The van der Waals surface area contributed by atoms with Crippen molar-refractivity contribution in [3.05, 3.63) is 0 Å². The number of nitrogens with one attached hydrogen (secondary N) is 2. The molecule has 0 aromatic heterocycles. The van der Waals surface area contributed by atoms with Crippen molar-refractivity contribution in [2.75, 3.05) is 26.3 Å². The van der Waals surface area contributed by atoms with Gasteiger partial charge in [0.2, 0.25) is 5.91 Å². The molecule has 1 saturated heterocycles. The predicted molar refractivity (Wildman–Crippen MR) is 66.8 cm³/mol. The minimum Gasteiger partial charge on any atom is -0.381 e. The Morgan fingerprint density at radius 1 is 1.29 bits per heavy atom. The minimum atomic E-state index is 0.0546. The Morgan fingerprint density at radius 3 is 2.76 bits per heavy atom. The average molecular weight is 240 g/mol. The van der Waals surface area contributed by atoms with Gasteiger partial charge in [-0.05, 0) is 31.1 Å². The molecule has 0 radical (unpaired) electrons. The number of ether oxygens (including phenoxy) is 1. The van der Waals surface area contributed by atoms with Gasteiger partial charge in [-0.25, -0.2) is 0 Å². The first kappa shape index (κ1) is 12.8. The van der Waals surface area contributed by atoms with Gasteiger partial charge in [0, 0.05) is 39.3 Å². The number of carbonyl (C=O) groups excluding carboxylic acids is 1. The Morgan fingerprint density at radius 2 is 2.06 bits per heavy atom. The van der Waals surface area contributed by atoms with E-state index in [9.17, 15) is 4.79 Å². The van der Waals surface area contributed by atoms with E-state index in [1.807, 2.05) is 0 Å². The van der Waals surface area contributed by atoms with Crippen molar-refractivity contribution in [3.8, 4) is 0 Å². The molecule has 1 aliphatic carbocycles. The van der Waals surface area contributed by atoms with Gasteiger partial charge in [0.05, 0.1) is 0 Å². The maximum absolute atomic E-state index is 10.8. The van der Waals surface area contributed by atoms with E-state index in [4.69, 9.17) is 4.74 Å². The van der Waals surface area contributed by atoms with Crippen LogP contribution in [0.25, 0.3) is 0 Å². The van der Waals surface area contributed by atoms with Crippen molar-refractivity contribution in [2.24, 2.45) is 5.41 Å². The van der Waals surface area contributed by atoms with E-state index in [1.165, 1.54) is 32.1 Å². The normalized spacial score (nSPS) is 27.2. The van der Waals surface area contributed by atoms with Gasteiger partial charge in [-0.2, -0.15) is 0 Å². The standard InChI is InChI=1S/C13H24N2O2/c1-11(16)14-7-8-15-12-3-2-4-13(12)5-9-17-10-6-13/h12,15H,2-10H2,1H3,(H,14,16). The molecular weight excluding hydrogens is 216 g/mol. The summed E-state index contributed by atoms with van der Waals surface area (Å²) in [5.74, 6) is 0.0546. The van der Waals surface area contributed by atoms with Crippen LogP contribution in [0.5, 0.6) is 0 Å². The van der Waals surface area contributed by atoms with Gasteiger partial charge in [-0.1, -0.05) is 6.42 Å². The molecule has 0 bridgehead atoms. The molecule has 2 aliphatic rings. The largest absolute Gasteiger partial charge is 0.381 e. The second kappa shape index (κ2) is 5.83. The summed E-state index contributed by atoms with van der Waals surface area (Å²) in [5.41, 5.74) is 0.481. The predicted octanol–water partition coefficient (Wildman–Crippen LogP) is 1.06. The van der Waals surface area contributed by atoms with Crippen LogP contribution in [0.1, 0.15) is 39.0 Å². The molecular formula is C13H24N2O2. The molecule has 4 heteroatoms. The quantitative estimate of drug-likeness (QED) is 0.723. The lowest BCUT2D eigenvalue weighted by Crippen LogP contribution is -2.46. The van der Waals surface area contributed by atoms with Gasteiger partial charge in [0.15, 0.2) is 0 Å². The van der Waals surface area contributed by atoms with Crippen LogP contribution in [0.3, 0.4) is 0 Å². The third kappa shape index (κ3) is 3.19. The molecule has 1 unspecified atom stereocenters. The zero-order valence-corrected chi connectivity index (χ0v) is 10.8. The zero-order valence-electron chi connectivity index (χ0n) is 10.8. The van der Waals surface area contributed by atoms with Gasteiger partial charge < -0.3 is 15.4 Å². The fraction of sp³-hybridized carbons (Fsp3) is 0.923. The Hall–Kier alpha value is -0.610. The fourth-order valence-corrected chi connectivity index (χ4v) is 3.32. The highest BCUT2D eigenvalue weighted by atomic mass is 16.5. The monoisotopic (exact) mass is 240 g/mol. The lowest BCUT2D eigenvalue weighted by molar-refractivity contribution is -0.118. The molecule has 1 atom stereocenters. The van der Waals surface area contributed by atoms with E-state index in [2.05, 4.69) is 10.6 Å². The van der Waals surface area contributed by atoms with Crippen LogP contribution in [0.15, 0.2) is 0 Å². The van der Waals surface area contributed by atoms with Gasteiger partial charge in [0.1, 0.15) is 0 Å². The minimum absolute atomic E-state index is 0.0546. The van der Waals surface area contributed by atoms with E-state index in [0.29, 0.717) is 11.5 Å². The number of hydrogen-bond acceptors (Lipinski definition) is 3. The van der Waals surface area contributed by atoms with Gasteiger partial charge in [0.25, 0.3) is 0 Å². The molecule has 2 fully saturated rings. The summed E-state index contributed by atoms with van der Waals surface area (Å²) in [4.78, 5) is 10.8. The topological polar surface area (TPSA) is 50.4 Å². The third-order valence-corrected chi connectivity index (χ3v) is 4.28. The van der Waals surface area contributed by atoms with Crippen molar-refractivity contribution in [1.82, 2.24) is 10.6 Å². The molecule has 0 aromatic carbocycles. The summed E-state index contributed by atoms with van der Waals surface area (Å²) in [7, 11) is 0. The third-order valence-electron chi connectivity index (χ3n) is 4.28. The van der Waals surface area contributed by atoms with Crippen LogP contribution in [0.4, 0.5) is 0 Å². The average Bonchev–Trinajstić information content (AvgIpc) is 2.68. The summed E-state index contributed by atoms with van der Waals surface area (Å²) in [6, 6.07) is 0.625. The van der Waals surface area contributed by atoms with Crippen LogP contribution in [0, 0.1) is 5.41 Å². The Kier molecular flexibility index (Phi) is 4.40. The second-order valence-corrected chi connectivity index (χ2v) is 5.36. The first-order chi connectivity index (χ1) is 8.23. The van der Waals surface area contributed by atoms with E-state index in [1.54, 1.807) is 6.92 Å². The molecule has 1 saturated carbocycles. The van der Waals surface area contributed by atoms with E-state index in [0.717, 1.165) is 26.3 Å². The lowest BCUT2D eigenvalue weighted by atomic mass is 9.75. The van der Waals surface area contributed by atoms with Gasteiger partial charge in [-0.3, -0.25) is 4.79 Å². The number of carbonyl (C=O) groups is 1. The summed E-state index contributed by atoms with van der Waals surface area (Å²) in [6.07, 6.45) is 6.35. The smallest absolute Gasteiger partial charge is 0.216 e. The van der Waals surface area contributed by atoms with Crippen molar-refractivity contribution in [1.29, 1.82) is 0 Å². The maximum atomic E-state index is 10.8. The summed E-state index contributed by atoms with van der Waals surface area (Å²) < 4.78 is 5.48. The van der Waals surface area contributed by atoms with Crippen molar-refractivity contribution < 1.29 is 9.53 Å². The van der Waals surface area contributed by atoms with Crippen LogP contribution < -0.4 is 10.6 Å². The van der Waals surface area contributed by atoms with Gasteiger partial charge in [-0.15, -0.1) is 0 Å². The second-order valence-electron chi connectivity index (χ2n) is 5.36. The Balaban J connectivity index is 1.76. The van der Waals surface area contributed by atoms with Crippen molar-refractivity contribution in [3.63, 3.8) is 0 Å².